The molecule has 0 bridgehead atoms. The second-order valence-corrected chi connectivity index (χ2v) is 4.77. The first-order valence-electron chi connectivity index (χ1n) is 4.23. The highest BCUT2D eigenvalue weighted by Gasteiger charge is 2.26. The summed E-state index contributed by atoms with van der Waals surface area (Å²) in [4.78, 5) is 2.18. The van der Waals surface area contributed by atoms with Crippen molar-refractivity contribution in [3.63, 3.8) is 0 Å². The Hall–Kier alpha value is -0.540. The van der Waals surface area contributed by atoms with Gasteiger partial charge in [-0.2, -0.15) is 0 Å². The molecule has 2 rings (SSSR count). The predicted molar refractivity (Wildman–Crippen MR) is 62.0 cm³/mol. The molecule has 1 saturated heterocycles. The highest BCUT2D eigenvalue weighted by molar-refractivity contribution is 8.23. The molecule has 1 fully saturated rings. The number of nitrogens with zero attached hydrogens (tertiary/aromatic N) is 1. The monoisotopic (exact) mass is 209 g/mol. The lowest BCUT2D eigenvalue weighted by molar-refractivity contribution is 0.433. The summed E-state index contributed by atoms with van der Waals surface area (Å²) >= 11 is 6.97. The second-order valence-electron chi connectivity index (χ2n) is 3.11. The van der Waals surface area contributed by atoms with E-state index in [-0.39, 0.29) is 0 Å². The van der Waals surface area contributed by atoms with Crippen LogP contribution in [0.15, 0.2) is 30.3 Å². The van der Waals surface area contributed by atoms with Gasteiger partial charge in [0, 0.05) is 12.8 Å². The first-order valence-corrected chi connectivity index (χ1v) is 5.63. The zero-order valence-electron chi connectivity index (χ0n) is 7.43. The third kappa shape index (κ3) is 1.71. The molecule has 1 aromatic carbocycles. The molecule has 3 heteroatoms. The van der Waals surface area contributed by atoms with Crippen LogP contribution >= 0.6 is 24.0 Å². The third-order valence-electron chi connectivity index (χ3n) is 2.30. The van der Waals surface area contributed by atoms with Gasteiger partial charge in [0.05, 0.1) is 6.04 Å². The van der Waals surface area contributed by atoms with Crippen LogP contribution in [0.25, 0.3) is 0 Å². The first kappa shape index (κ1) is 9.03. The molecule has 1 aromatic rings. The highest BCUT2D eigenvalue weighted by atomic mass is 32.2. The lowest BCUT2D eigenvalue weighted by Gasteiger charge is -2.20. The van der Waals surface area contributed by atoms with Crippen molar-refractivity contribution in [2.45, 2.75) is 6.04 Å². The number of rotatable bonds is 1. The lowest BCUT2D eigenvalue weighted by Crippen LogP contribution is -2.21. The van der Waals surface area contributed by atoms with Crippen LogP contribution in [0.5, 0.6) is 0 Å². The fraction of sp³-hybridized carbons (Fsp3) is 0.300. The van der Waals surface area contributed by atoms with E-state index >= 15 is 0 Å². The molecule has 68 valence electrons. The van der Waals surface area contributed by atoms with Gasteiger partial charge in [0.2, 0.25) is 0 Å². The molecule has 0 aliphatic carbocycles. The minimum absolute atomic E-state index is 0.471. The summed E-state index contributed by atoms with van der Waals surface area (Å²) in [6.45, 7) is 0. The van der Waals surface area contributed by atoms with E-state index in [1.54, 1.807) is 11.8 Å². The Bertz CT molecular complexity index is 310. The maximum atomic E-state index is 5.21. The van der Waals surface area contributed by atoms with Gasteiger partial charge in [-0.25, -0.2) is 0 Å². The van der Waals surface area contributed by atoms with Gasteiger partial charge in [0.15, 0.2) is 0 Å². The fourth-order valence-electron chi connectivity index (χ4n) is 1.49. The van der Waals surface area contributed by atoms with Crippen molar-refractivity contribution < 1.29 is 0 Å². The van der Waals surface area contributed by atoms with Crippen LogP contribution in [-0.2, 0) is 0 Å². The Balaban J connectivity index is 2.24. The number of hydrogen-bond acceptors (Lipinski definition) is 2. The van der Waals surface area contributed by atoms with E-state index in [9.17, 15) is 0 Å². The van der Waals surface area contributed by atoms with Gasteiger partial charge in [-0.15, -0.1) is 0 Å². The van der Waals surface area contributed by atoms with Crippen molar-refractivity contribution in [3.05, 3.63) is 35.9 Å². The average Bonchev–Trinajstić information content (AvgIpc) is 2.49. The molecule has 0 radical (unpaired) electrons. The van der Waals surface area contributed by atoms with Crippen molar-refractivity contribution in [2.75, 3.05) is 12.8 Å². The van der Waals surface area contributed by atoms with E-state index in [1.807, 2.05) is 6.07 Å². The number of thioether (sulfide) groups is 1. The smallest absolute Gasteiger partial charge is 0.136 e. The Labute approximate surface area is 88.1 Å². The molecular formula is C10H11NS2. The SMILES string of the molecule is CN1C(=S)SC[C@H]1c1ccccc1. The molecule has 0 aromatic heterocycles. The fourth-order valence-corrected chi connectivity index (χ4v) is 2.86. The number of hydrogen-bond donors (Lipinski definition) is 0. The van der Waals surface area contributed by atoms with Crippen LogP contribution in [-0.4, -0.2) is 22.0 Å². The summed E-state index contributed by atoms with van der Waals surface area (Å²) in [7, 11) is 2.07. The van der Waals surface area contributed by atoms with Crippen molar-refractivity contribution in [2.24, 2.45) is 0 Å². The Morgan fingerprint density at radius 3 is 2.62 bits per heavy atom. The maximum Gasteiger partial charge on any atom is 0.136 e. The summed E-state index contributed by atoms with van der Waals surface area (Å²) in [5, 5.41) is 0. The first-order chi connectivity index (χ1) is 6.29. The third-order valence-corrected chi connectivity index (χ3v) is 3.96. The minimum Gasteiger partial charge on any atom is -0.353 e. The summed E-state index contributed by atoms with van der Waals surface area (Å²) in [6.07, 6.45) is 0. The van der Waals surface area contributed by atoms with Gasteiger partial charge in [-0.1, -0.05) is 54.3 Å². The van der Waals surface area contributed by atoms with Gasteiger partial charge in [0.1, 0.15) is 4.32 Å². The average molecular weight is 209 g/mol. The van der Waals surface area contributed by atoms with E-state index in [0.717, 1.165) is 10.1 Å². The Kier molecular flexibility index (Phi) is 2.56. The van der Waals surface area contributed by atoms with Crippen LogP contribution in [0.1, 0.15) is 11.6 Å². The highest BCUT2D eigenvalue weighted by Crippen LogP contribution is 2.33. The van der Waals surface area contributed by atoms with Crippen molar-refractivity contribution >= 4 is 28.3 Å². The molecule has 0 amide bonds. The second kappa shape index (κ2) is 3.68. The quantitative estimate of drug-likeness (QED) is 0.655. The summed E-state index contributed by atoms with van der Waals surface area (Å²) in [5.41, 5.74) is 1.36. The van der Waals surface area contributed by atoms with Crippen molar-refractivity contribution in [3.8, 4) is 0 Å². The lowest BCUT2D eigenvalue weighted by atomic mass is 10.1. The molecular weight excluding hydrogens is 198 g/mol. The molecule has 0 N–H and O–H groups in total. The van der Waals surface area contributed by atoms with E-state index in [2.05, 4.69) is 36.2 Å². The standard InChI is InChI=1S/C10H11NS2/c1-11-9(7-13-10(11)12)8-5-3-2-4-6-8/h2-6,9H,7H2,1H3/t9-/m0/s1. The maximum absolute atomic E-state index is 5.21. The van der Waals surface area contributed by atoms with E-state index in [4.69, 9.17) is 12.2 Å². The molecule has 1 heterocycles. The predicted octanol–water partition coefficient (Wildman–Crippen LogP) is 2.69. The molecule has 1 aliphatic rings. The van der Waals surface area contributed by atoms with Gasteiger partial charge in [-0.3, -0.25) is 0 Å². The molecule has 1 atom stereocenters. The summed E-state index contributed by atoms with van der Waals surface area (Å²) in [5.74, 6) is 1.08. The van der Waals surface area contributed by atoms with Crippen molar-refractivity contribution in [1.29, 1.82) is 0 Å². The largest absolute Gasteiger partial charge is 0.353 e. The van der Waals surface area contributed by atoms with Crippen LogP contribution in [0.4, 0.5) is 0 Å². The molecule has 0 saturated carbocycles. The van der Waals surface area contributed by atoms with Gasteiger partial charge >= 0.3 is 0 Å². The molecule has 13 heavy (non-hydrogen) atoms. The number of benzene rings is 1. The topological polar surface area (TPSA) is 3.24 Å². The van der Waals surface area contributed by atoms with Crippen molar-refractivity contribution in [1.82, 2.24) is 4.90 Å². The molecule has 0 unspecified atom stereocenters. The van der Waals surface area contributed by atoms with E-state index in [1.165, 1.54) is 5.56 Å². The Morgan fingerprint density at radius 2 is 2.08 bits per heavy atom. The van der Waals surface area contributed by atoms with Crippen LogP contribution in [0.2, 0.25) is 0 Å². The number of thiocarbonyl (C=S) groups is 1. The van der Waals surface area contributed by atoms with Gasteiger partial charge in [0.25, 0.3) is 0 Å². The van der Waals surface area contributed by atoms with Crippen LogP contribution in [0, 0.1) is 0 Å². The summed E-state index contributed by atoms with van der Waals surface area (Å²) < 4.78 is 1.01. The van der Waals surface area contributed by atoms with E-state index < -0.39 is 0 Å². The van der Waals surface area contributed by atoms with Crippen LogP contribution in [0.3, 0.4) is 0 Å². The normalized spacial score (nSPS) is 22.4. The van der Waals surface area contributed by atoms with Gasteiger partial charge < -0.3 is 4.90 Å². The zero-order chi connectivity index (χ0) is 9.26. The summed E-state index contributed by atoms with van der Waals surface area (Å²) in [6, 6.07) is 11.0. The molecule has 1 aliphatic heterocycles. The minimum atomic E-state index is 0.471. The molecule has 0 spiro atoms. The Morgan fingerprint density at radius 1 is 1.38 bits per heavy atom. The zero-order valence-corrected chi connectivity index (χ0v) is 9.07. The molecule has 1 nitrogen and oxygen atoms in total. The van der Waals surface area contributed by atoms with Gasteiger partial charge in [-0.05, 0) is 5.56 Å². The van der Waals surface area contributed by atoms with E-state index in [0.29, 0.717) is 6.04 Å². The van der Waals surface area contributed by atoms with Crippen LogP contribution < -0.4 is 0 Å².